The van der Waals surface area contributed by atoms with Gasteiger partial charge in [-0.3, -0.25) is 29.3 Å². The van der Waals surface area contributed by atoms with Gasteiger partial charge in [0.1, 0.15) is 18.0 Å². The molecule has 1 aliphatic carbocycles. The van der Waals surface area contributed by atoms with E-state index in [4.69, 9.17) is 18.9 Å². The van der Waals surface area contributed by atoms with Gasteiger partial charge in [0.25, 0.3) is 5.69 Å². The van der Waals surface area contributed by atoms with E-state index >= 15 is 0 Å². The van der Waals surface area contributed by atoms with Gasteiger partial charge in [0, 0.05) is 30.5 Å². The minimum absolute atomic E-state index is 0.0223. The van der Waals surface area contributed by atoms with Crippen LogP contribution in [0.5, 0.6) is 5.75 Å². The zero-order chi connectivity index (χ0) is 29.4. The first-order valence-electron chi connectivity index (χ1n) is 12.0. The number of ketones is 3. The number of non-ortho nitro benzene ring substituents is 1. The molecule has 15 heteroatoms. The minimum Gasteiger partial charge on any atom is -0.486 e. The maximum atomic E-state index is 13.1. The number of nitrogens with zero attached hydrogens (tertiary/aromatic N) is 1. The van der Waals surface area contributed by atoms with Crippen LogP contribution in [-0.4, -0.2) is 71.3 Å². The lowest BCUT2D eigenvalue weighted by Crippen LogP contribution is -2.59. The SMILES string of the molecule is CC(=O)[C@H]1CC2=C(C(=O)C=CC2=O)[C@H](O[C@H]2C[C@H](NC(=O)C(F)(F)F)[C@H](Oc3ccc([N+](=O)[O-])cc3)[C@H](C)O2)O1. The van der Waals surface area contributed by atoms with E-state index in [9.17, 15) is 42.5 Å². The van der Waals surface area contributed by atoms with E-state index in [2.05, 4.69) is 0 Å². The molecule has 0 saturated carbocycles. The largest absolute Gasteiger partial charge is 0.486 e. The first-order chi connectivity index (χ1) is 18.7. The summed E-state index contributed by atoms with van der Waals surface area (Å²) < 4.78 is 62.3. The summed E-state index contributed by atoms with van der Waals surface area (Å²) in [6, 6.07) is 3.38. The first-order valence-corrected chi connectivity index (χ1v) is 12.0. The highest BCUT2D eigenvalue weighted by molar-refractivity contribution is 6.20. The molecule has 40 heavy (non-hydrogen) atoms. The lowest BCUT2D eigenvalue weighted by molar-refractivity contribution is -0.384. The quantitative estimate of drug-likeness (QED) is 0.294. The number of hydrogen-bond donors (Lipinski definition) is 1. The molecule has 6 atom stereocenters. The third-order valence-corrected chi connectivity index (χ3v) is 6.48. The van der Waals surface area contributed by atoms with E-state index in [0.717, 1.165) is 24.3 Å². The lowest BCUT2D eigenvalue weighted by atomic mass is 9.87. The molecule has 1 N–H and O–H groups in total. The average Bonchev–Trinajstić information content (AvgIpc) is 2.87. The molecule has 1 fully saturated rings. The van der Waals surface area contributed by atoms with Crippen LogP contribution in [0.2, 0.25) is 0 Å². The van der Waals surface area contributed by atoms with Crippen LogP contribution >= 0.6 is 0 Å². The number of alkyl halides is 3. The molecule has 0 unspecified atom stereocenters. The number of ether oxygens (including phenoxy) is 4. The summed E-state index contributed by atoms with van der Waals surface area (Å²) in [6.07, 6.45) is -10.0. The number of nitro benzene ring substituents is 1. The molecule has 12 nitrogen and oxygen atoms in total. The molecule has 2 heterocycles. The van der Waals surface area contributed by atoms with Crippen molar-refractivity contribution in [3.63, 3.8) is 0 Å². The predicted molar refractivity (Wildman–Crippen MR) is 126 cm³/mol. The zero-order valence-electron chi connectivity index (χ0n) is 21.0. The molecule has 0 aromatic heterocycles. The van der Waals surface area contributed by atoms with Gasteiger partial charge < -0.3 is 24.3 Å². The molecule has 1 aromatic carbocycles. The number of amides is 1. The van der Waals surface area contributed by atoms with Gasteiger partial charge in [-0.25, -0.2) is 0 Å². The van der Waals surface area contributed by atoms with Crippen molar-refractivity contribution in [1.82, 2.24) is 5.32 Å². The van der Waals surface area contributed by atoms with Gasteiger partial charge in [-0.15, -0.1) is 0 Å². The maximum Gasteiger partial charge on any atom is 0.471 e. The number of benzene rings is 1. The second-order valence-corrected chi connectivity index (χ2v) is 9.28. The van der Waals surface area contributed by atoms with Crippen molar-refractivity contribution >= 4 is 28.9 Å². The van der Waals surface area contributed by atoms with E-state index in [-0.39, 0.29) is 29.0 Å². The number of Topliss-reactive ketones (excluding diaryl/α,β-unsaturated/α-hetero) is 1. The Hall–Kier alpha value is -3.95. The van der Waals surface area contributed by atoms with Gasteiger partial charge in [0.2, 0.25) is 0 Å². The fraction of sp³-hybridized carbons (Fsp3) is 0.440. The van der Waals surface area contributed by atoms with Crippen molar-refractivity contribution in [2.45, 2.75) is 69.8 Å². The number of allylic oxidation sites excluding steroid dienone is 2. The topological polar surface area (TPSA) is 160 Å². The zero-order valence-corrected chi connectivity index (χ0v) is 21.0. The second-order valence-electron chi connectivity index (χ2n) is 9.28. The molecule has 3 aliphatic rings. The number of nitrogens with one attached hydrogen (secondary N) is 1. The van der Waals surface area contributed by atoms with Crippen LogP contribution < -0.4 is 10.1 Å². The van der Waals surface area contributed by atoms with E-state index in [1.165, 1.54) is 26.0 Å². The van der Waals surface area contributed by atoms with Crippen molar-refractivity contribution < 1.29 is 56.2 Å². The third-order valence-electron chi connectivity index (χ3n) is 6.48. The highest BCUT2D eigenvalue weighted by Gasteiger charge is 2.47. The van der Waals surface area contributed by atoms with Crippen LogP contribution in [0.3, 0.4) is 0 Å². The molecule has 1 amide bonds. The third kappa shape index (κ3) is 6.26. The summed E-state index contributed by atoms with van der Waals surface area (Å²) in [4.78, 5) is 59.1. The number of rotatable bonds is 7. The average molecular weight is 568 g/mol. The van der Waals surface area contributed by atoms with Gasteiger partial charge in [-0.2, -0.15) is 13.2 Å². The van der Waals surface area contributed by atoms with E-state index in [0.29, 0.717) is 0 Å². The number of carbonyl (C=O) groups excluding carboxylic acids is 4. The number of hydrogen-bond acceptors (Lipinski definition) is 10. The maximum absolute atomic E-state index is 13.1. The van der Waals surface area contributed by atoms with Crippen LogP contribution in [0.1, 0.15) is 26.7 Å². The number of carbonyl (C=O) groups is 4. The minimum atomic E-state index is -5.22. The van der Waals surface area contributed by atoms with Gasteiger partial charge in [0.05, 0.1) is 22.6 Å². The Morgan fingerprint density at radius 3 is 2.35 bits per heavy atom. The van der Waals surface area contributed by atoms with E-state index < -0.39 is 77.7 Å². The Balaban J connectivity index is 1.58. The molecular formula is C25H23F3N2O10. The summed E-state index contributed by atoms with van der Waals surface area (Å²) in [5.41, 5.74) is -0.373. The van der Waals surface area contributed by atoms with Gasteiger partial charge >= 0.3 is 12.1 Å². The molecule has 4 rings (SSSR count). The Morgan fingerprint density at radius 1 is 1.10 bits per heavy atom. The van der Waals surface area contributed by atoms with Crippen molar-refractivity contribution in [2.75, 3.05) is 0 Å². The van der Waals surface area contributed by atoms with Gasteiger partial charge in [0.15, 0.2) is 29.9 Å². The molecule has 0 bridgehead atoms. The Kier molecular flexibility index (Phi) is 8.18. The molecule has 214 valence electrons. The summed E-state index contributed by atoms with van der Waals surface area (Å²) in [5, 5.41) is 12.8. The van der Waals surface area contributed by atoms with Crippen molar-refractivity contribution in [3.05, 3.63) is 57.7 Å². The Morgan fingerprint density at radius 2 is 1.75 bits per heavy atom. The molecular weight excluding hydrogens is 545 g/mol. The summed E-state index contributed by atoms with van der Waals surface area (Å²) in [6.45, 7) is 2.65. The van der Waals surface area contributed by atoms with Crippen molar-refractivity contribution in [3.8, 4) is 5.75 Å². The Bertz CT molecular complexity index is 1290. The fourth-order valence-electron chi connectivity index (χ4n) is 4.52. The Labute approximate surface area is 224 Å². The van der Waals surface area contributed by atoms with Crippen molar-refractivity contribution in [1.29, 1.82) is 0 Å². The smallest absolute Gasteiger partial charge is 0.471 e. The van der Waals surface area contributed by atoms with Gasteiger partial charge in [-0.05, 0) is 38.1 Å². The summed E-state index contributed by atoms with van der Waals surface area (Å²) in [5.74, 6) is -3.75. The predicted octanol–water partition coefficient (Wildman–Crippen LogP) is 2.25. The summed E-state index contributed by atoms with van der Waals surface area (Å²) >= 11 is 0. The van der Waals surface area contributed by atoms with E-state index in [1.54, 1.807) is 0 Å². The second kappa shape index (κ2) is 11.3. The van der Waals surface area contributed by atoms with Crippen molar-refractivity contribution in [2.24, 2.45) is 0 Å². The monoisotopic (exact) mass is 568 g/mol. The highest BCUT2D eigenvalue weighted by Crippen LogP contribution is 2.34. The molecule has 0 radical (unpaired) electrons. The number of halogens is 3. The fourth-order valence-corrected chi connectivity index (χ4v) is 4.52. The van der Waals surface area contributed by atoms with Crippen LogP contribution in [0, 0.1) is 10.1 Å². The standard InChI is InChI=1S/C25H23F3N2O10/c1-11(31)19-9-15-17(32)7-8-18(33)21(15)23(39-19)40-20-10-16(29-24(34)25(26,27)28)22(12(2)37-20)38-14-5-3-13(4-6-14)30(35)36/h3-8,12,16,19-20,22-23H,9-10H2,1-2H3,(H,29,34)/t12-,16-,19+,20-,22+,23-/m0/s1. The molecule has 0 spiro atoms. The van der Waals surface area contributed by atoms with Crippen LogP contribution in [0.25, 0.3) is 0 Å². The molecule has 1 aromatic rings. The van der Waals surface area contributed by atoms with Crippen LogP contribution in [0.4, 0.5) is 18.9 Å². The molecule has 2 aliphatic heterocycles. The summed E-state index contributed by atoms with van der Waals surface area (Å²) in [7, 11) is 0. The molecule has 1 saturated heterocycles. The highest BCUT2D eigenvalue weighted by atomic mass is 19.4. The van der Waals surface area contributed by atoms with Gasteiger partial charge in [-0.1, -0.05) is 0 Å². The van der Waals surface area contributed by atoms with Crippen LogP contribution in [0.15, 0.2) is 47.6 Å². The van der Waals surface area contributed by atoms with Crippen LogP contribution in [-0.2, 0) is 33.4 Å². The lowest BCUT2D eigenvalue weighted by Gasteiger charge is -2.42. The number of nitro groups is 1. The van der Waals surface area contributed by atoms with E-state index in [1.807, 2.05) is 5.32 Å². The normalized spacial score (nSPS) is 28.6. The first kappa shape index (κ1) is 29.0.